The van der Waals surface area contributed by atoms with Crippen LogP contribution in [0.2, 0.25) is 0 Å². The summed E-state index contributed by atoms with van der Waals surface area (Å²) in [6.45, 7) is 2.04. The molecule has 8 heavy (non-hydrogen) atoms. The third-order valence-corrected chi connectivity index (χ3v) is 0. The number of alkyl halides is 1. The van der Waals surface area contributed by atoms with E-state index in [1.54, 1.807) is 0 Å². The third-order valence-electron chi connectivity index (χ3n) is 0. The topological polar surface area (TPSA) is 57.5 Å². The van der Waals surface area contributed by atoms with Gasteiger partial charge < -0.3 is 10.2 Å². The Morgan fingerprint density at radius 3 is 1.62 bits per heavy atom. The summed E-state index contributed by atoms with van der Waals surface area (Å²) in [6, 6.07) is 0. The van der Waals surface area contributed by atoms with Crippen molar-refractivity contribution in [3.8, 4) is 0 Å². The Morgan fingerprint density at radius 1 is 1.62 bits per heavy atom. The number of carbonyl (C=O) groups is 1. The van der Waals surface area contributed by atoms with Gasteiger partial charge in [0.25, 0.3) is 0 Å². The molecule has 3 nitrogen and oxygen atoms in total. The standard InChI is InChI=1S/C2H5Br.CH2O3.Cs.H/c1-2-3;2-1(3)4;;/h2H2,1H3;(H2,2,3,4);;. The second kappa shape index (κ2) is 15.9. The summed E-state index contributed by atoms with van der Waals surface area (Å²) in [6.07, 6.45) is -1.83. The molecule has 46 valence electrons. The van der Waals surface area contributed by atoms with Crippen molar-refractivity contribution in [2.45, 2.75) is 6.92 Å². The van der Waals surface area contributed by atoms with Crippen LogP contribution in [0.15, 0.2) is 0 Å². The number of halogens is 1. The maximum atomic E-state index is 8.56. The number of rotatable bonds is 0. The molecule has 5 heteroatoms. The van der Waals surface area contributed by atoms with Gasteiger partial charge in [-0.25, -0.2) is 4.79 Å². The molecule has 0 rings (SSSR count). The van der Waals surface area contributed by atoms with Gasteiger partial charge in [-0.1, -0.05) is 22.9 Å². The molecular weight excluding hydrogens is 297 g/mol. The van der Waals surface area contributed by atoms with Crippen LogP contribution >= 0.6 is 15.9 Å². The van der Waals surface area contributed by atoms with Crippen molar-refractivity contribution < 1.29 is 15.0 Å². The Kier molecular flexibility index (Phi) is 32.7. The Morgan fingerprint density at radius 2 is 1.62 bits per heavy atom. The maximum absolute atomic E-state index is 8.56. The molecule has 0 saturated heterocycles. The first-order valence-corrected chi connectivity index (χ1v) is 2.75. The Balaban J connectivity index is -0.0000000575. The molecule has 0 spiro atoms. The SMILES string of the molecule is CCBr.O=C(O)O.[CsH]. The molecule has 0 amide bonds. The van der Waals surface area contributed by atoms with Crippen LogP contribution in [0.1, 0.15) is 6.92 Å². The van der Waals surface area contributed by atoms with E-state index in [1.807, 2.05) is 6.92 Å². The fourth-order valence-electron chi connectivity index (χ4n) is 0. The summed E-state index contributed by atoms with van der Waals surface area (Å²) in [7, 11) is 0. The van der Waals surface area contributed by atoms with Gasteiger partial charge in [0.1, 0.15) is 0 Å². The van der Waals surface area contributed by atoms with E-state index in [1.165, 1.54) is 0 Å². The van der Waals surface area contributed by atoms with Crippen molar-refractivity contribution in [2.24, 2.45) is 0 Å². The van der Waals surface area contributed by atoms with Crippen LogP contribution in [0.5, 0.6) is 0 Å². The van der Waals surface area contributed by atoms with Gasteiger partial charge in [0.05, 0.1) is 0 Å². The van der Waals surface area contributed by atoms with Crippen molar-refractivity contribution in [1.82, 2.24) is 0 Å². The van der Waals surface area contributed by atoms with E-state index in [0.29, 0.717) is 0 Å². The predicted molar refractivity (Wildman–Crippen MR) is 37.3 cm³/mol. The van der Waals surface area contributed by atoms with Crippen molar-refractivity contribution in [3.63, 3.8) is 0 Å². The van der Waals surface area contributed by atoms with Gasteiger partial charge in [0.2, 0.25) is 0 Å². The molecule has 0 aliphatic heterocycles. The summed E-state index contributed by atoms with van der Waals surface area (Å²) < 4.78 is 0. The first kappa shape index (κ1) is 16.4. The zero-order chi connectivity index (χ0) is 6.28. The third kappa shape index (κ3) is 111. The van der Waals surface area contributed by atoms with Gasteiger partial charge in [-0.15, -0.1) is 0 Å². The van der Waals surface area contributed by atoms with Crippen molar-refractivity contribution in [3.05, 3.63) is 0 Å². The first-order chi connectivity index (χ1) is 3.15. The fraction of sp³-hybridized carbons (Fsp3) is 0.667. The van der Waals surface area contributed by atoms with Crippen LogP contribution in [0.25, 0.3) is 0 Å². The summed E-state index contributed by atoms with van der Waals surface area (Å²) in [4.78, 5) is 8.56. The molecule has 0 unspecified atom stereocenters. The molecule has 0 aromatic rings. The van der Waals surface area contributed by atoms with E-state index in [-0.39, 0.29) is 68.9 Å². The minimum atomic E-state index is -1.83. The van der Waals surface area contributed by atoms with Crippen LogP contribution in [0.3, 0.4) is 0 Å². The molecule has 0 aliphatic carbocycles. The van der Waals surface area contributed by atoms with Crippen LogP contribution in [-0.2, 0) is 0 Å². The molecule has 0 atom stereocenters. The second-order valence-corrected chi connectivity index (χ2v) is 1.67. The van der Waals surface area contributed by atoms with Crippen LogP contribution in [0.4, 0.5) is 4.79 Å². The second-order valence-electron chi connectivity index (χ2n) is 0.550. The van der Waals surface area contributed by atoms with E-state index in [4.69, 9.17) is 15.0 Å². The summed E-state index contributed by atoms with van der Waals surface area (Å²) in [5.74, 6) is 0. The van der Waals surface area contributed by atoms with Crippen LogP contribution in [-0.4, -0.2) is 90.6 Å². The number of hydrogen-bond donors (Lipinski definition) is 2. The molecule has 0 heterocycles. The van der Waals surface area contributed by atoms with Gasteiger partial charge >= 0.3 is 75.0 Å². The molecule has 0 aromatic heterocycles. The summed E-state index contributed by atoms with van der Waals surface area (Å²) >= 11 is 3.15. The monoisotopic (exact) mass is 304 g/mol. The molecular formula is C3H8BrCsO3. The van der Waals surface area contributed by atoms with Gasteiger partial charge in [-0.05, 0) is 0 Å². The molecule has 0 saturated carbocycles. The van der Waals surface area contributed by atoms with Crippen molar-refractivity contribution in [2.75, 3.05) is 5.33 Å². The zero-order valence-electron chi connectivity index (χ0n) is 3.89. The summed E-state index contributed by atoms with van der Waals surface area (Å²) in [5.41, 5.74) is 0. The van der Waals surface area contributed by atoms with Gasteiger partial charge in [0.15, 0.2) is 0 Å². The summed E-state index contributed by atoms with van der Waals surface area (Å²) in [5, 5.41) is 15.0. The Labute approximate surface area is 115 Å². The predicted octanol–water partition coefficient (Wildman–Crippen LogP) is 0.975. The number of hydrogen-bond acceptors (Lipinski definition) is 1. The molecule has 0 aliphatic rings. The molecule has 2 N–H and O–H groups in total. The van der Waals surface area contributed by atoms with E-state index in [2.05, 4.69) is 15.9 Å². The normalized spacial score (nSPS) is 5.25. The first-order valence-electron chi connectivity index (χ1n) is 1.63. The van der Waals surface area contributed by atoms with Crippen LogP contribution < -0.4 is 0 Å². The van der Waals surface area contributed by atoms with E-state index in [0.717, 1.165) is 5.33 Å². The van der Waals surface area contributed by atoms with E-state index < -0.39 is 6.16 Å². The molecule has 0 radical (unpaired) electrons. The fourth-order valence-corrected chi connectivity index (χ4v) is 0. The quantitative estimate of drug-likeness (QED) is 0.656. The van der Waals surface area contributed by atoms with Gasteiger partial charge in [-0.2, -0.15) is 0 Å². The average Bonchev–Trinajstić information content (AvgIpc) is 1.33. The van der Waals surface area contributed by atoms with E-state index >= 15 is 0 Å². The van der Waals surface area contributed by atoms with Gasteiger partial charge in [-0.3, -0.25) is 0 Å². The van der Waals surface area contributed by atoms with E-state index in [9.17, 15) is 0 Å². The molecule has 0 bridgehead atoms. The van der Waals surface area contributed by atoms with Crippen molar-refractivity contribution in [1.29, 1.82) is 0 Å². The molecule has 0 fully saturated rings. The van der Waals surface area contributed by atoms with Crippen LogP contribution in [0, 0.1) is 0 Å². The minimum absolute atomic E-state index is 0. The number of carboxylic acid groups (broad SMARTS) is 2. The Hall–Kier alpha value is 1.80. The Bertz CT molecular complexity index is 45.8. The van der Waals surface area contributed by atoms with Gasteiger partial charge in [0, 0.05) is 5.33 Å². The molecule has 0 aromatic carbocycles. The average molecular weight is 305 g/mol. The zero-order valence-corrected chi connectivity index (χ0v) is 5.47. The van der Waals surface area contributed by atoms with Crippen molar-refractivity contribution >= 4 is 91.0 Å².